The Morgan fingerprint density at radius 3 is 2.29 bits per heavy atom. The highest BCUT2D eigenvalue weighted by Gasteiger charge is 2.05. The van der Waals surface area contributed by atoms with E-state index in [9.17, 15) is 0 Å². The second-order valence-electron chi connectivity index (χ2n) is 6.92. The molecule has 2 heteroatoms. The van der Waals surface area contributed by atoms with Crippen LogP contribution in [0.25, 0.3) is 21.8 Å². The average Bonchev–Trinajstić information content (AvgIpc) is 2.94. The standard InChI is InChI=1S/C22H28BrN/c1-2-3-4-5-6-7-8-9-10-17-11-13-19-20-16-18(23)12-14-21(20)24-22(19)15-17/h11-16,24H,2-10H2,1H3. The lowest BCUT2D eigenvalue weighted by Crippen LogP contribution is -1.86. The summed E-state index contributed by atoms with van der Waals surface area (Å²) in [5.74, 6) is 0. The second kappa shape index (κ2) is 8.71. The van der Waals surface area contributed by atoms with Gasteiger partial charge in [0.15, 0.2) is 0 Å². The van der Waals surface area contributed by atoms with Crippen LogP contribution in [-0.2, 0) is 6.42 Å². The molecule has 1 N–H and O–H groups in total. The Hall–Kier alpha value is -1.28. The molecule has 0 fully saturated rings. The number of rotatable bonds is 9. The molecule has 2 aromatic carbocycles. The first-order valence-corrected chi connectivity index (χ1v) is 10.3. The van der Waals surface area contributed by atoms with E-state index in [2.05, 4.69) is 64.2 Å². The lowest BCUT2D eigenvalue weighted by atomic mass is 10.0. The molecule has 0 unspecified atom stereocenters. The molecular formula is C22H28BrN. The lowest BCUT2D eigenvalue weighted by Gasteiger charge is -2.03. The summed E-state index contributed by atoms with van der Waals surface area (Å²) in [5.41, 5.74) is 3.94. The first-order valence-electron chi connectivity index (χ1n) is 9.48. The third kappa shape index (κ3) is 4.42. The first kappa shape index (κ1) is 17.5. The molecule has 1 aromatic heterocycles. The van der Waals surface area contributed by atoms with Crippen LogP contribution in [0.4, 0.5) is 0 Å². The quantitative estimate of drug-likeness (QED) is 0.362. The summed E-state index contributed by atoms with van der Waals surface area (Å²) in [6.07, 6.45) is 12.3. The van der Waals surface area contributed by atoms with Gasteiger partial charge in [-0.15, -0.1) is 0 Å². The first-order chi connectivity index (χ1) is 11.8. The fourth-order valence-corrected chi connectivity index (χ4v) is 3.90. The molecule has 128 valence electrons. The number of aromatic nitrogens is 1. The summed E-state index contributed by atoms with van der Waals surface area (Å²) >= 11 is 3.57. The van der Waals surface area contributed by atoms with E-state index >= 15 is 0 Å². The van der Waals surface area contributed by atoms with Crippen LogP contribution in [0.2, 0.25) is 0 Å². The molecule has 0 amide bonds. The third-order valence-electron chi connectivity index (χ3n) is 4.94. The van der Waals surface area contributed by atoms with Crippen LogP contribution >= 0.6 is 15.9 Å². The number of aryl methyl sites for hydroxylation is 1. The van der Waals surface area contributed by atoms with Crippen LogP contribution < -0.4 is 0 Å². The predicted molar refractivity (Wildman–Crippen MR) is 110 cm³/mol. The largest absolute Gasteiger partial charge is 0.355 e. The van der Waals surface area contributed by atoms with Gasteiger partial charge < -0.3 is 4.98 Å². The van der Waals surface area contributed by atoms with Gasteiger partial charge in [0.2, 0.25) is 0 Å². The van der Waals surface area contributed by atoms with E-state index in [0.29, 0.717) is 0 Å². The Morgan fingerprint density at radius 1 is 0.750 bits per heavy atom. The summed E-state index contributed by atoms with van der Waals surface area (Å²) in [7, 11) is 0. The maximum Gasteiger partial charge on any atom is 0.0467 e. The molecule has 0 bridgehead atoms. The fourth-order valence-electron chi connectivity index (χ4n) is 3.54. The van der Waals surface area contributed by atoms with E-state index in [0.717, 1.165) is 4.47 Å². The zero-order valence-electron chi connectivity index (χ0n) is 14.7. The molecule has 0 aliphatic rings. The number of hydrogen-bond donors (Lipinski definition) is 1. The zero-order valence-corrected chi connectivity index (χ0v) is 16.3. The van der Waals surface area contributed by atoms with Gasteiger partial charge in [0, 0.05) is 26.3 Å². The molecule has 0 spiro atoms. The fraction of sp³-hybridized carbons (Fsp3) is 0.455. The van der Waals surface area contributed by atoms with Crippen LogP contribution in [0.1, 0.15) is 63.9 Å². The molecule has 3 rings (SSSR count). The molecule has 0 saturated carbocycles. The van der Waals surface area contributed by atoms with Gasteiger partial charge in [-0.3, -0.25) is 0 Å². The SMILES string of the molecule is CCCCCCCCCCc1ccc2c(c1)[nH]c1ccc(Br)cc12. The lowest BCUT2D eigenvalue weighted by molar-refractivity contribution is 0.575. The van der Waals surface area contributed by atoms with Crippen LogP contribution in [0, 0.1) is 0 Å². The Labute approximate surface area is 154 Å². The maximum absolute atomic E-state index is 3.57. The van der Waals surface area contributed by atoms with E-state index < -0.39 is 0 Å². The van der Waals surface area contributed by atoms with E-state index in [-0.39, 0.29) is 0 Å². The summed E-state index contributed by atoms with van der Waals surface area (Å²) in [6.45, 7) is 2.28. The minimum Gasteiger partial charge on any atom is -0.355 e. The Kier molecular flexibility index (Phi) is 6.37. The van der Waals surface area contributed by atoms with Crippen molar-refractivity contribution in [3.8, 4) is 0 Å². The Morgan fingerprint density at radius 2 is 1.50 bits per heavy atom. The highest BCUT2D eigenvalue weighted by Crippen LogP contribution is 2.29. The number of hydrogen-bond acceptors (Lipinski definition) is 0. The second-order valence-corrected chi connectivity index (χ2v) is 7.84. The van der Waals surface area contributed by atoms with Gasteiger partial charge >= 0.3 is 0 Å². The van der Waals surface area contributed by atoms with Crippen LogP contribution in [0.3, 0.4) is 0 Å². The molecule has 0 radical (unpaired) electrons. The van der Waals surface area contributed by atoms with Gasteiger partial charge in [0.05, 0.1) is 0 Å². The van der Waals surface area contributed by atoms with Crippen molar-refractivity contribution in [1.82, 2.24) is 4.98 Å². The monoisotopic (exact) mass is 385 g/mol. The van der Waals surface area contributed by atoms with E-state index in [1.807, 2.05) is 0 Å². The number of H-pyrrole nitrogens is 1. The average molecular weight is 386 g/mol. The molecule has 24 heavy (non-hydrogen) atoms. The number of nitrogens with one attached hydrogen (secondary N) is 1. The van der Waals surface area contributed by atoms with Gasteiger partial charge in [-0.25, -0.2) is 0 Å². The van der Waals surface area contributed by atoms with Crippen LogP contribution in [0.5, 0.6) is 0 Å². The van der Waals surface area contributed by atoms with Gasteiger partial charge in [-0.2, -0.15) is 0 Å². The number of aromatic amines is 1. The van der Waals surface area contributed by atoms with E-state index in [1.54, 1.807) is 0 Å². The van der Waals surface area contributed by atoms with Gasteiger partial charge in [0.25, 0.3) is 0 Å². The molecule has 0 saturated heterocycles. The van der Waals surface area contributed by atoms with Crippen molar-refractivity contribution >= 4 is 37.7 Å². The number of halogens is 1. The third-order valence-corrected chi connectivity index (χ3v) is 5.44. The van der Waals surface area contributed by atoms with E-state index in [1.165, 1.54) is 85.2 Å². The summed E-state index contributed by atoms with van der Waals surface area (Å²) in [5, 5.41) is 2.63. The van der Waals surface area contributed by atoms with Crippen molar-refractivity contribution in [2.75, 3.05) is 0 Å². The van der Waals surface area contributed by atoms with Crippen molar-refractivity contribution in [3.05, 3.63) is 46.4 Å². The maximum atomic E-state index is 3.57. The number of benzene rings is 2. The topological polar surface area (TPSA) is 15.8 Å². The van der Waals surface area contributed by atoms with Crippen molar-refractivity contribution in [2.45, 2.75) is 64.7 Å². The molecule has 3 aromatic rings. The highest BCUT2D eigenvalue weighted by atomic mass is 79.9. The molecule has 1 heterocycles. The van der Waals surface area contributed by atoms with Crippen molar-refractivity contribution in [2.24, 2.45) is 0 Å². The normalized spacial score (nSPS) is 11.6. The predicted octanol–water partition coefficient (Wildman–Crippen LogP) is 7.77. The minimum atomic E-state index is 1.14. The molecule has 0 aliphatic heterocycles. The summed E-state index contributed by atoms with van der Waals surface area (Å²) in [4.78, 5) is 3.56. The molecule has 1 nitrogen and oxygen atoms in total. The van der Waals surface area contributed by atoms with Gasteiger partial charge in [-0.05, 0) is 42.7 Å². The molecular weight excluding hydrogens is 358 g/mol. The van der Waals surface area contributed by atoms with Crippen molar-refractivity contribution < 1.29 is 0 Å². The molecule has 0 aliphatic carbocycles. The number of unbranched alkanes of at least 4 members (excludes halogenated alkanes) is 7. The smallest absolute Gasteiger partial charge is 0.0467 e. The summed E-state index contributed by atoms with van der Waals surface area (Å²) < 4.78 is 1.14. The van der Waals surface area contributed by atoms with Crippen molar-refractivity contribution in [1.29, 1.82) is 0 Å². The molecule has 0 atom stereocenters. The Balaban J connectivity index is 1.53. The van der Waals surface area contributed by atoms with Crippen molar-refractivity contribution in [3.63, 3.8) is 0 Å². The van der Waals surface area contributed by atoms with Crippen LogP contribution in [0.15, 0.2) is 40.9 Å². The number of fused-ring (bicyclic) bond motifs is 3. The van der Waals surface area contributed by atoms with E-state index in [4.69, 9.17) is 0 Å². The summed E-state index contributed by atoms with van der Waals surface area (Å²) in [6, 6.07) is 13.4. The van der Waals surface area contributed by atoms with Crippen LogP contribution in [-0.4, -0.2) is 4.98 Å². The zero-order chi connectivity index (χ0) is 16.8. The minimum absolute atomic E-state index is 1.14. The Bertz CT molecular complexity index is 787. The van der Waals surface area contributed by atoms with Gasteiger partial charge in [-0.1, -0.05) is 79.9 Å². The highest BCUT2D eigenvalue weighted by molar-refractivity contribution is 9.10. The van der Waals surface area contributed by atoms with Gasteiger partial charge in [0.1, 0.15) is 0 Å².